The first-order valence-corrected chi connectivity index (χ1v) is 21.1. The number of nitrogens with zero attached hydrogens (tertiary/aromatic N) is 4. The summed E-state index contributed by atoms with van der Waals surface area (Å²) in [5.74, 6) is 1.76. The minimum atomic E-state index is 0.879. The molecule has 4 heterocycles. The molecule has 0 radical (unpaired) electrons. The van der Waals surface area contributed by atoms with E-state index < -0.39 is 0 Å². The molecule has 12 rings (SSSR count). The zero-order valence-electron chi connectivity index (χ0n) is 33.7. The minimum absolute atomic E-state index is 0.879. The van der Waals surface area contributed by atoms with Crippen molar-refractivity contribution in [3.63, 3.8) is 0 Å². The molecule has 0 unspecified atom stereocenters. The summed E-state index contributed by atoms with van der Waals surface area (Å²) in [5, 5.41) is 4.75. The van der Waals surface area contributed by atoms with E-state index in [1.54, 1.807) is 0 Å². The minimum Gasteiger partial charge on any atom is -0.293 e. The summed E-state index contributed by atoms with van der Waals surface area (Å²) in [7, 11) is 0. The summed E-state index contributed by atoms with van der Waals surface area (Å²) in [6, 6.07) is 82.1. The molecule has 0 aliphatic heterocycles. The van der Waals surface area contributed by atoms with Gasteiger partial charge in [0.1, 0.15) is 11.6 Å². The van der Waals surface area contributed by atoms with Gasteiger partial charge in [0, 0.05) is 43.8 Å². The molecule has 62 heavy (non-hydrogen) atoms. The van der Waals surface area contributed by atoms with E-state index >= 15 is 0 Å². The second kappa shape index (κ2) is 14.7. The maximum absolute atomic E-state index is 5.32. The summed E-state index contributed by atoms with van der Waals surface area (Å²) in [4.78, 5) is 10.6. The number of para-hydroxylation sites is 4. The van der Waals surface area contributed by atoms with Gasteiger partial charge in [-0.15, -0.1) is 0 Å². The van der Waals surface area contributed by atoms with Gasteiger partial charge in [0.15, 0.2) is 0 Å². The number of pyridine rings is 2. The highest BCUT2D eigenvalue weighted by atomic mass is 15.1. The molecule has 0 aliphatic carbocycles. The summed E-state index contributed by atoms with van der Waals surface area (Å²) in [6.07, 6.45) is 0. The fourth-order valence-electron chi connectivity index (χ4n) is 9.35. The van der Waals surface area contributed by atoms with E-state index in [0.717, 1.165) is 89.6 Å². The zero-order valence-corrected chi connectivity index (χ0v) is 33.7. The Hall–Kier alpha value is -8.34. The van der Waals surface area contributed by atoms with Crippen LogP contribution in [0.3, 0.4) is 0 Å². The molecule has 0 fully saturated rings. The van der Waals surface area contributed by atoms with E-state index in [9.17, 15) is 0 Å². The third-order valence-electron chi connectivity index (χ3n) is 12.1. The quantitative estimate of drug-likeness (QED) is 0.161. The second-order valence-corrected chi connectivity index (χ2v) is 15.8. The van der Waals surface area contributed by atoms with Gasteiger partial charge in [-0.25, -0.2) is 9.97 Å². The fourth-order valence-corrected chi connectivity index (χ4v) is 9.35. The molecule has 0 aliphatic rings. The lowest BCUT2D eigenvalue weighted by molar-refractivity contribution is 1.08. The molecule has 4 heteroatoms. The maximum Gasteiger partial charge on any atom is 0.138 e. The average Bonchev–Trinajstić information content (AvgIpc) is 3.88. The van der Waals surface area contributed by atoms with Crippen LogP contribution in [0.4, 0.5) is 0 Å². The van der Waals surface area contributed by atoms with Gasteiger partial charge >= 0.3 is 0 Å². The van der Waals surface area contributed by atoms with Crippen molar-refractivity contribution < 1.29 is 0 Å². The molecule has 0 saturated carbocycles. The van der Waals surface area contributed by atoms with Crippen LogP contribution < -0.4 is 0 Å². The van der Waals surface area contributed by atoms with Crippen molar-refractivity contribution in [2.24, 2.45) is 0 Å². The van der Waals surface area contributed by atoms with Crippen molar-refractivity contribution in [2.45, 2.75) is 0 Å². The van der Waals surface area contributed by atoms with Crippen LogP contribution in [0.5, 0.6) is 0 Å². The molecular formula is C58H38N4. The molecule has 4 nitrogen and oxygen atoms in total. The van der Waals surface area contributed by atoms with E-state index in [0.29, 0.717) is 0 Å². The molecule has 290 valence electrons. The van der Waals surface area contributed by atoms with Crippen LogP contribution in [-0.4, -0.2) is 19.1 Å². The van der Waals surface area contributed by atoms with Crippen molar-refractivity contribution in [1.29, 1.82) is 0 Å². The Labute approximate surface area is 359 Å². The predicted octanol–water partition coefficient (Wildman–Crippen LogP) is 15.0. The van der Waals surface area contributed by atoms with Crippen LogP contribution in [0.15, 0.2) is 231 Å². The Morgan fingerprint density at radius 1 is 0.258 bits per heavy atom. The molecular weight excluding hydrogens is 753 g/mol. The van der Waals surface area contributed by atoms with Gasteiger partial charge in [-0.3, -0.25) is 9.13 Å². The van der Waals surface area contributed by atoms with Crippen LogP contribution in [-0.2, 0) is 0 Å². The molecule has 0 saturated heterocycles. The zero-order chi connectivity index (χ0) is 41.0. The Morgan fingerprint density at radius 2 is 0.629 bits per heavy atom. The van der Waals surface area contributed by atoms with E-state index in [2.05, 4.69) is 228 Å². The number of rotatable bonds is 7. The average molecular weight is 791 g/mol. The SMILES string of the molecule is c1ccc(-c2cc(-c3cccc4c5ccccc5n(-c5cccc(-c6ccccc6)n5)c34)cc(-c3cccc4c5ccccc5n(-c5cccc(-c6ccccc6)n5)c34)c2)cc1. The summed E-state index contributed by atoms with van der Waals surface area (Å²) in [6.45, 7) is 0. The summed E-state index contributed by atoms with van der Waals surface area (Å²) in [5.41, 5.74) is 15.3. The summed E-state index contributed by atoms with van der Waals surface area (Å²) >= 11 is 0. The molecule has 0 atom stereocenters. The molecule has 0 amide bonds. The largest absolute Gasteiger partial charge is 0.293 e. The number of hydrogen-bond acceptors (Lipinski definition) is 2. The lowest BCUT2D eigenvalue weighted by atomic mass is 9.91. The standard InChI is InChI=1S/C58H38N4/c1-4-18-39(19-5-1)42-36-43(45-26-14-28-49-47-24-10-12-32-53(47)61(57(45)49)55-34-16-30-51(59-55)40-20-6-2-7-21-40)38-44(37-42)46-27-15-29-50-48-25-11-13-33-54(48)62(58(46)50)56-35-17-31-52(60-56)41-22-8-3-9-23-41/h1-38H. The molecule has 0 spiro atoms. The fraction of sp³-hybridized carbons (Fsp3) is 0. The van der Waals surface area contributed by atoms with E-state index in [-0.39, 0.29) is 0 Å². The highest BCUT2D eigenvalue weighted by molar-refractivity contribution is 6.16. The first-order valence-electron chi connectivity index (χ1n) is 21.1. The van der Waals surface area contributed by atoms with Crippen LogP contribution in [0, 0.1) is 0 Å². The number of aromatic nitrogens is 4. The Balaban J connectivity index is 1.13. The highest BCUT2D eigenvalue weighted by Crippen LogP contribution is 2.43. The topological polar surface area (TPSA) is 35.6 Å². The normalized spacial score (nSPS) is 11.5. The Kier molecular flexibility index (Phi) is 8.46. The number of benzene rings is 8. The smallest absolute Gasteiger partial charge is 0.138 e. The van der Waals surface area contributed by atoms with Crippen molar-refractivity contribution >= 4 is 43.6 Å². The third kappa shape index (κ3) is 5.92. The third-order valence-corrected chi connectivity index (χ3v) is 12.1. The molecule has 4 aromatic heterocycles. The van der Waals surface area contributed by atoms with E-state index in [1.807, 2.05) is 12.1 Å². The van der Waals surface area contributed by atoms with Gasteiger partial charge in [0.25, 0.3) is 0 Å². The van der Waals surface area contributed by atoms with Gasteiger partial charge in [-0.05, 0) is 76.9 Å². The predicted molar refractivity (Wildman–Crippen MR) is 258 cm³/mol. The molecule has 0 N–H and O–H groups in total. The van der Waals surface area contributed by atoms with Gasteiger partial charge in [0.2, 0.25) is 0 Å². The van der Waals surface area contributed by atoms with E-state index in [1.165, 1.54) is 21.5 Å². The van der Waals surface area contributed by atoms with Crippen LogP contribution >= 0.6 is 0 Å². The van der Waals surface area contributed by atoms with Crippen LogP contribution in [0.25, 0.3) is 111 Å². The van der Waals surface area contributed by atoms with Gasteiger partial charge in [-0.2, -0.15) is 0 Å². The monoisotopic (exact) mass is 790 g/mol. The summed E-state index contributed by atoms with van der Waals surface area (Å²) < 4.78 is 4.70. The van der Waals surface area contributed by atoms with Gasteiger partial charge < -0.3 is 0 Å². The first-order chi connectivity index (χ1) is 30.8. The molecule has 12 aromatic rings. The van der Waals surface area contributed by atoms with Crippen molar-refractivity contribution in [3.05, 3.63) is 231 Å². The van der Waals surface area contributed by atoms with Crippen LogP contribution in [0.2, 0.25) is 0 Å². The lowest BCUT2D eigenvalue weighted by Gasteiger charge is -2.16. The maximum atomic E-state index is 5.32. The lowest BCUT2D eigenvalue weighted by Crippen LogP contribution is -2.00. The Morgan fingerprint density at radius 3 is 1.10 bits per heavy atom. The van der Waals surface area contributed by atoms with Crippen molar-refractivity contribution in [1.82, 2.24) is 19.1 Å². The van der Waals surface area contributed by atoms with Gasteiger partial charge in [0.05, 0.1) is 33.5 Å². The van der Waals surface area contributed by atoms with Crippen LogP contribution in [0.1, 0.15) is 0 Å². The van der Waals surface area contributed by atoms with Crippen molar-refractivity contribution in [2.75, 3.05) is 0 Å². The molecule has 0 bridgehead atoms. The van der Waals surface area contributed by atoms with E-state index in [4.69, 9.17) is 9.97 Å². The highest BCUT2D eigenvalue weighted by Gasteiger charge is 2.21. The first kappa shape index (κ1) is 35.6. The number of hydrogen-bond donors (Lipinski definition) is 0. The molecule has 8 aromatic carbocycles. The van der Waals surface area contributed by atoms with Gasteiger partial charge in [-0.1, -0.05) is 176 Å². The number of fused-ring (bicyclic) bond motifs is 6. The Bertz CT molecular complexity index is 3400. The second-order valence-electron chi connectivity index (χ2n) is 15.8. The van der Waals surface area contributed by atoms with Crippen molar-refractivity contribution in [3.8, 4) is 67.5 Å².